The molecule has 0 N–H and O–H groups in total. The SMILES string of the molecule is O=C1C2CC2C(=O)N1CCOc1cccc(Br)c1. The number of imide groups is 1. The summed E-state index contributed by atoms with van der Waals surface area (Å²) < 4.78 is 6.46. The lowest BCUT2D eigenvalue weighted by molar-refractivity contribution is -0.141. The standard InChI is InChI=1S/C13H12BrNO3/c14-8-2-1-3-9(6-8)18-5-4-15-12(16)10-7-11(10)13(15)17/h1-3,6,10-11H,4-5,7H2. The Bertz CT molecular complexity index is 497. The molecule has 2 unspecified atom stereocenters. The maximum atomic E-state index is 11.7. The molecular formula is C13H12BrNO3. The number of ether oxygens (including phenoxy) is 1. The average molecular weight is 310 g/mol. The second-order valence-corrected chi connectivity index (χ2v) is 5.50. The van der Waals surface area contributed by atoms with Crippen LogP contribution in [0.3, 0.4) is 0 Å². The number of likely N-dealkylation sites (tertiary alicyclic amines) is 1. The average Bonchev–Trinajstić information content (AvgIpc) is 3.09. The minimum atomic E-state index is -0.0251. The molecule has 5 heteroatoms. The Morgan fingerprint density at radius 1 is 1.28 bits per heavy atom. The van der Waals surface area contributed by atoms with E-state index in [1.807, 2.05) is 24.3 Å². The van der Waals surface area contributed by atoms with Gasteiger partial charge < -0.3 is 4.74 Å². The third-order valence-electron chi connectivity index (χ3n) is 3.34. The lowest BCUT2D eigenvalue weighted by atomic mass is 10.3. The molecule has 2 fully saturated rings. The number of nitrogens with zero attached hydrogens (tertiary/aromatic N) is 1. The molecule has 2 atom stereocenters. The first-order valence-corrected chi connectivity index (χ1v) is 6.70. The van der Waals surface area contributed by atoms with Gasteiger partial charge in [-0.05, 0) is 24.6 Å². The second-order valence-electron chi connectivity index (χ2n) is 4.58. The van der Waals surface area contributed by atoms with Gasteiger partial charge in [0.05, 0.1) is 18.4 Å². The van der Waals surface area contributed by atoms with Crippen molar-refractivity contribution in [3.63, 3.8) is 0 Å². The first-order chi connectivity index (χ1) is 8.66. The van der Waals surface area contributed by atoms with Gasteiger partial charge in [-0.2, -0.15) is 0 Å². The fourth-order valence-electron chi connectivity index (χ4n) is 2.28. The quantitative estimate of drug-likeness (QED) is 0.797. The van der Waals surface area contributed by atoms with E-state index in [1.165, 1.54) is 4.90 Å². The van der Waals surface area contributed by atoms with Crippen LogP contribution in [0, 0.1) is 11.8 Å². The molecule has 18 heavy (non-hydrogen) atoms. The van der Waals surface area contributed by atoms with E-state index in [-0.39, 0.29) is 23.7 Å². The molecule has 1 saturated heterocycles. The largest absolute Gasteiger partial charge is 0.492 e. The van der Waals surface area contributed by atoms with Crippen molar-refractivity contribution >= 4 is 27.7 Å². The van der Waals surface area contributed by atoms with Crippen molar-refractivity contribution in [3.8, 4) is 5.75 Å². The summed E-state index contributed by atoms with van der Waals surface area (Å²) in [6, 6.07) is 7.48. The molecule has 0 spiro atoms. The highest BCUT2D eigenvalue weighted by Crippen LogP contribution is 2.46. The van der Waals surface area contributed by atoms with Gasteiger partial charge in [0.1, 0.15) is 12.4 Å². The van der Waals surface area contributed by atoms with E-state index >= 15 is 0 Å². The highest BCUT2D eigenvalue weighted by molar-refractivity contribution is 9.10. The molecular weight excluding hydrogens is 298 g/mol. The summed E-state index contributed by atoms with van der Waals surface area (Å²) in [6.07, 6.45) is 0.751. The van der Waals surface area contributed by atoms with Crippen LogP contribution in [0.25, 0.3) is 0 Å². The van der Waals surface area contributed by atoms with Crippen LogP contribution in [0.5, 0.6) is 5.75 Å². The predicted molar refractivity (Wildman–Crippen MR) is 68.0 cm³/mol. The van der Waals surface area contributed by atoms with E-state index in [4.69, 9.17) is 4.74 Å². The van der Waals surface area contributed by atoms with Crippen molar-refractivity contribution in [1.29, 1.82) is 0 Å². The van der Waals surface area contributed by atoms with Crippen molar-refractivity contribution in [2.24, 2.45) is 11.8 Å². The maximum absolute atomic E-state index is 11.7. The Balaban J connectivity index is 1.53. The van der Waals surface area contributed by atoms with Gasteiger partial charge in [0.25, 0.3) is 0 Å². The Hall–Kier alpha value is -1.36. The second kappa shape index (κ2) is 4.39. The van der Waals surface area contributed by atoms with E-state index in [2.05, 4.69) is 15.9 Å². The number of hydrogen-bond acceptors (Lipinski definition) is 3. The van der Waals surface area contributed by atoms with Crippen LogP contribution in [-0.4, -0.2) is 29.9 Å². The van der Waals surface area contributed by atoms with Crippen LogP contribution in [0.15, 0.2) is 28.7 Å². The Kier molecular flexibility index (Phi) is 2.86. The fraction of sp³-hybridized carbons (Fsp3) is 0.385. The molecule has 1 aromatic carbocycles. The highest BCUT2D eigenvalue weighted by Gasteiger charge is 2.58. The van der Waals surface area contributed by atoms with Crippen molar-refractivity contribution in [1.82, 2.24) is 4.90 Å². The number of carbonyl (C=O) groups excluding carboxylic acids is 2. The summed E-state index contributed by atoms with van der Waals surface area (Å²) in [6.45, 7) is 0.685. The smallest absolute Gasteiger partial charge is 0.233 e. The fourth-order valence-corrected chi connectivity index (χ4v) is 2.66. The van der Waals surface area contributed by atoms with Crippen molar-refractivity contribution < 1.29 is 14.3 Å². The Morgan fingerprint density at radius 2 is 2.00 bits per heavy atom. The maximum Gasteiger partial charge on any atom is 0.233 e. The molecule has 3 rings (SSSR count). The number of fused-ring (bicyclic) bond motifs is 1. The van der Waals surface area contributed by atoms with Crippen LogP contribution >= 0.6 is 15.9 Å². The first kappa shape index (κ1) is 11.7. The molecule has 0 bridgehead atoms. The van der Waals surface area contributed by atoms with Crippen molar-refractivity contribution in [3.05, 3.63) is 28.7 Å². The number of hydrogen-bond donors (Lipinski definition) is 0. The minimum Gasteiger partial charge on any atom is -0.492 e. The molecule has 1 aliphatic carbocycles. The molecule has 1 aliphatic heterocycles. The van der Waals surface area contributed by atoms with Gasteiger partial charge in [-0.1, -0.05) is 22.0 Å². The lowest BCUT2D eigenvalue weighted by Gasteiger charge is -2.16. The van der Waals surface area contributed by atoms with Crippen LogP contribution < -0.4 is 4.74 Å². The summed E-state index contributed by atoms with van der Waals surface area (Å²) in [5, 5.41) is 0. The molecule has 2 amide bonds. The summed E-state index contributed by atoms with van der Waals surface area (Å²) in [5.41, 5.74) is 0. The van der Waals surface area contributed by atoms with Crippen LogP contribution in [0.2, 0.25) is 0 Å². The topological polar surface area (TPSA) is 46.6 Å². The number of piperidine rings is 1. The number of carbonyl (C=O) groups is 2. The predicted octanol–water partition coefficient (Wildman–Crippen LogP) is 1.83. The molecule has 4 nitrogen and oxygen atoms in total. The third-order valence-corrected chi connectivity index (χ3v) is 3.83. The molecule has 1 saturated carbocycles. The van der Waals surface area contributed by atoms with E-state index in [0.717, 1.165) is 16.6 Å². The highest BCUT2D eigenvalue weighted by atomic mass is 79.9. The molecule has 1 heterocycles. The van der Waals surface area contributed by atoms with Gasteiger partial charge >= 0.3 is 0 Å². The van der Waals surface area contributed by atoms with Gasteiger partial charge in [0.15, 0.2) is 0 Å². The zero-order valence-corrected chi connectivity index (χ0v) is 11.2. The number of rotatable bonds is 4. The molecule has 94 valence electrons. The summed E-state index contributed by atoms with van der Waals surface area (Å²) in [4.78, 5) is 24.7. The molecule has 1 aromatic rings. The van der Waals surface area contributed by atoms with E-state index in [0.29, 0.717) is 13.2 Å². The first-order valence-electron chi connectivity index (χ1n) is 5.90. The summed E-state index contributed by atoms with van der Waals surface area (Å²) in [7, 11) is 0. The molecule has 2 aliphatic rings. The Morgan fingerprint density at radius 3 is 2.67 bits per heavy atom. The van der Waals surface area contributed by atoms with Crippen molar-refractivity contribution in [2.45, 2.75) is 6.42 Å². The van der Waals surface area contributed by atoms with E-state index in [9.17, 15) is 9.59 Å². The van der Waals surface area contributed by atoms with Gasteiger partial charge in [-0.3, -0.25) is 14.5 Å². The monoisotopic (exact) mass is 309 g/mol. The van der Waals surface area contributed by atoms with Gasteiger partial charge in [0.2, 0.25) is 11.8 Å². The zero-order valence-electron chi connectivity index (χ0n) is 9.64. The summed E-state index contributed by atoms with van der Waals surface area (Å²) in [5.74, 6) is 0.631. The molecule has 0 aromatic heterocycles. The van der Waals surface area contributed by atoms with Crippen LogP contribution in [0.1, 0.15) is 6.42 Å². The zero-order chi connectivity index (χ0) is 12.7. The number of amides is 2. The van der Waals surface area contributed by atoms with E-state index in [1.54, 1.807) is 0 Å². The van der Waals surface area contributed by atoms with Crippen LogP contribution in [0.4, 0.5) is 0 Å². The van der Waals surface area contributed by atoms with Crippen LogP contribution in [-0.2, 0) is 9.59 Å². The minimum absolute atomic E-state index is 0.0247. The molecule has 0 radical (unpaired) electrons. The number of benzene rings is 1. The lowest BCUT2D eigenvalue weighted by Crippen LogP contribution is -2.36. The normalized spacial score (nSPS) is 25.3. The number of halogens is 1. The van der Waals surface area contributed by atoms with Crippen molar-refractivity contribution in [2.75, 3.05) is 13.2 Å². The van der Waals surface area contributed by atoms with Gasteiger partial charge in [-0.15, -0.1) is 0 Å². The summed E-state index contributed by atoms with van der Waals surface area (Å²) >= 11 is 3.35. The third kappa shape index (κ3) is 2.03. The Labute approximate surface area is 113 Å². The van der Waals surface area contributed by atoms with Gasteiger partial charge in [0, 0.05) is 4.47 Å². The van der Waals surface area contributed by atoms with E-state index < -0.39 is 0 Å². The van der Waals surface area contributed by atoms with Gasteiger partial charge in [-0.25, -0.2) is 0 Å².